The van der Waals surface area contributed by atoms with E-state index in [0.717, 1.165) is 19.5 Å². The summed E-state index contributed by atoms with van der Waals surface area (Å²) in [5.41, 5.74) is 0. The van der Waals surface area contributed by atoms with Gasteiger partial charge in [0.1, 0.15) is 0 Å². The van der Waals surface area contributed by atoms with E-state index in [0.29, 0.717) is 0 Å². The summed E-state index contributed by atoms with van der Waals surface area (Å²) in [5, 5.41) is 4.08. The molecule has 0 N–H and O–H groups in total. The third-order valence-corrected chi connectivity index (χ3v) is 1.47. The van der Waals surface area contributed by atoms with E-state index in [-0.39, 0.29) is 76.2 Å². The quantitative estimate of drug-likeness (QED) is 0.381. The van der Waals surface area contributed by atoms with Crippen LogP contribution in [0.1, 0.15) is 26.2 Å². The molecule has 1 aliphatic heterocycles. The van der Waals surface area contributed by atoms with Crippen molar-refractivity contribution in [2.24, 2.45) is 0 Å². The molecule has 0 aromatic rings. The van der Waals surface area contributed by atoms with Gasteiger partial charge in [-0.25, -0.2) is 12.2 Å². The Morgan fingerprint density at radius 2 is 1.37 bits per heavy atom. The summed E-state index contributed by atoms with van der Waals surface area (Å²) in [6.07, 6.45) is 12.7. The van der Waals surface area contributed by atoms with Crippen LogP contribution in [-0.4, -0.2) is 13.1 Å². The van der Waals surface area contributed by atoms with Gasteiger partial charge in [0.25, 0.3) is 0 Å². The zero-order valence-electron chi connectivity index (χ0n) is 13.2. The minimum Gasteiger partial charge on any atom is -0.662 e. The monoisotopic (exact) mass is 344 g/mol. The molecule has 0 amide bonds. The number of hydrogen-bond donors (Lipinski definition) is 0. The maximum Gasteiger partial charge on any atom is 0 e. The molecule has 1 aliphatic carbocycles. The van der Waals surface area contributed by atoms with E-state index < -0.39 is 0 Å². The molecule has 0 saturated carbocycles. The van der Waals surface area contributed by atoms with Crippen molar-refractivity contribution >= 4 is 24.8 Å². The van der Waals surface area contributed by atoms with Gasteiger partial charge in [-0.2, -0.15) is 13.0 Å². The zero-order valence-corrected chi connectivity index (χ0v) is 16.4. The van der Waals surface area contributed by atoms with E-state index in [9.17, 15) is 0 Å². The summed E-state index contributed by atoms with van der Waals surface area (Å²) >= 11 is 0. The van der Waals surface area contributed by atoms with Crippen LogP contribution in [0.5, 0.6) is 0 Å². The largest absolute Gasteiger partial charge is 0.662 e. The Bertz CT molecular complexity index is 118. The first-order valence-corrected chi connectivity index (χ1v) is 4.56. The molecule has 0 radical (unpaired) electrons. The first kappa shape index (κ1) is 50.3. The molecule has 1 fully saturated rings. The fraction of sp³-hybridized carbons (Fsp3) is 0.400. The predicted molar refractivity (Wildman–Crippen MR) is 95.1 cm³/mol. The average molecular weight is 345 g/mol. The van der Waals surface area contributed by atoms with Gasteiger partial charge in [0.15, 0.2) is 0 Å². The Morgan fingerprint density at radius 1 is 0.947 bits per heavy atom. The van der Waals surface area contributed by atoms with Crippen LogP contribution in [0.2, 0.25) is 0 Å². The molecule has 0 aromatic carbocycles. The normalized spacial score (nSPS) is 11.3. The molecular weight excluding hydrogens is 313 g/mol. The third-order valence-electron chi connectivity index (χ3n) is 1.47. The van der Waals surface area contributed by atoms with E-state index in [4.69, 9.17) is 0 Å². The summed E-state index contributed by atoms with van der Waals surface area (Å²) in [6.45, 7) is 7.25. The fourth-order valence-corrected chi connectivity index (χ4v) is 0.899. The van der Waals surface area contributed by atoms with Crippen LogP contribution < -0.4 is 0 Å². The molecule has 0 atom stereocenters. The molecule has 1 saturated heterocycles. The van der Waals surface area contributed by atoms with Crippen molar-refractivity contribution in [3.05, 3.63) is 66.3 Å². The van der Waals surface area contributed by atoms with Gasteiger partial charge in [-0.3, -0.25) is 6.08 Å². The van der Waals surface area contributed by atoms with E-state index in [1.54, 1.807) is 6.92 Å². The van der Waals surface area contributed by atoms with Crippen molar-refractivity contribution in [2.45, 2.75) is 26.2 Å². The summed E-state index contributed by atoms with van der Waals surface area (Å²) < 4.78 is 0. The molecule has 2 aliphatic rings. The first-order chi connectivity index (χ1) is 6.00. The standard InChI is InChI=1S/C5H5.C4H8N.C2H5.4CH3.2ClH.Ti/c2*1-2-4-5-3-1;1-2;;;;;;;/h1-3H,4H2;1-4H2;1H2,2H3;4*1H3;2*1H;/q7*-1;;;. The van der Waals surface area contributed by atoms with E-state index in [1.165, 1.54) is 12.8 Å². The minimum absolute atomic E-state index is 0. The zero-order chi connectivity index (χ0) is 9.07. The average Bonchev–Trinajstić information content (AvgIpc) is 2.87. The van der Waals surface area contributed by atoms with Gasteiger partial charge < -0.3 is 41.9 Å². The Labute approximate surface area is 151 Å². The molecule has 0 bridgehead atoms. The Balaban J connectivity index is -0.0000000142. The van der Waals surface area contributed by atoms with Crippen molar-refractivity contribution in [3.63, 3.8) is 0 Å². The van der Waals surface area contributed by atoms with Gasteiger partial charge in [-0.15, -0.1) is 44.3 Å². The first-order valence-electron chi connectivity index (χ1n) is 4.56. The molecule has 19 heavy (non-hydrogen) atoms. The van der Waals surface area contributed by atoms with Gasteiger partial charge in [0.2, 0.25) is 0 Å². The van der Waals surface area contributed by atoms with Crippen molar-refractivity contribution < 1.29 is 21.7 Å². The molecule has 1 heterocycles. The van der Waals surface area contributed by atoms with Crippen molar-refractivity contribution in [2.75, 3.05) is 13.1 Å². The molecule has 122 valence electrons. The van der Waals surface area contributed by atoms with Crippen LogP contribution >= 0.6 is 24.8 Å². The minimum atomic E-state index is 0. The van der Waals surface area contributed by atoms with Crippen LogP contribution in [0.4, 0.5) is 0 Å². The van der Waals surface area contributed by atoms with Gasteiger partial charge in [0, 0.05) is 21.7 Å². The SMILES string of the molecule is C1CC[N-]C1.Cl.Cl.[C-]1=CC=CC1.[CH2-]C.[CH3-].[CH3-].[CH3-].[CH3-].[Ti]. The van der Waals surface area contributed by atoms with Crippen LogP contribution in [0.15, 0.2) is 18.2 Å². The van der Waals surface area contributed by atoms with E-state index in [2.05, 4.69) is 24.4 Å². The molecule has 0 aromatic heterocycles. The van der Waals surface area contributed by atoms with Crippen molar-refractivity contribution in [3.8, 4) is 0 Å². The van der Waals surface area contributed by atoms with Crippen molar-refractivity contribution in [1.29, 1.82) is 0 Å². The smallest absolute Gasteiger partial charge is 0 e. The van der Waals surface area contributed by atoms with Gasteiger partial charge >= 0.3 is 0 Å². The van der Waals surface area contributed by atoms with Gasteiger partial charge in [-0.1, -0.05) is 12.8 Å². The molecule has 2 rings (SSSR count). The topological polar surface area (TPSA) is 14.1 Å². The van der Waals surface area contributed by atoms with E-state index in [1.807, 2.05) is 12.2 Å². The summed E-state index contributed by atoms with van der Waals surface area (Å²) in [4.78, 5) is 0. The number of nitrogens with zero attached hydrogens (tertiary/aromatic N) is 1. The molecule has 0 unspecified atom stereocenters. The fourth-order valence-electron chi connectivity index (χ4n) is 0.899. The Hall–Kier alpha value is 0.734. The molecule has 0 spiro atoms. The molecule has 4 heteroatoms. The van der Waals surface area contributed by atoms with Gasteiger partial charge in [-0.05, 0) is 0 Å². The van der Waals surface area contributed by atoms with Crippen LogP contribution in [0.3, 0.4) is 0 Å². The van der Waals surface area contributed by atoms with Crippen LogP contribution in [0.25, 0.3) is 5.32 Å². The second-order valence-electron chi connectivity index (χ2n) is 2.38. The summed E-state index contributed by atoms with van der Waals surface area (Å²) in [5.74, 6) is 0. The van der Waals surface area contributed by atoms with E-state index >= 15 is 0 Å². The van der Waals surface area contributed by atoms with Crippen LogP contribution in [0, 0.1) is 42.7 Å². The predicted octanol–water partition coefficient (Wildman–Crippen LogP) is 5.94. The van der Waals surface area contributed by atoms with Crippen molar-refractivity contribution in [1.82, 2.24) is 0 Å². The van der Waals surface area contributed by atoms with Crippen LogP contribution in [-0.2, 0) is 21.7 Å². The Kier molecular flexibility index (Phi) is 135. The summed E-state index contributed by atoms with van der Waals surface area (Å²) in [7, 11) is 0. The summed E-state index contributed by atoms with van der Waals surface area (Å²) in [6, 6.07) is 0. The third kappa shape index (κ3) is 45.5. The Morgan fingerprint density at radius 3 is 1.47 bits per heavy atom. The number of hydrogen-bond acceptors (Lipinski definition) is 0. The molecule has 1 nitrogen and oxygen atoms in total. The maximum absolute atomic E-state index is 4.08. The number of halogens is 2. The molecular formula is C15H32Cl2NTi-7. The second kappa shape index (κ2) is 51.1. The number of rotatable bonds is 0. The maximum atomic E-state index is 4.08. The second-order valence-corrected chi connectivity index (χ2v) is 2.38. The number of allylic oxidation sites excluding steroid dienone is 4. The van der Waals surface area contributed by atoms with Gasteiger partial charge in [0.05, 0.1) is 0 Å².